The Labute approximate surface area is 123 Å². The third kappa shape index (κ3) is 1.50. The van der Waals surface area contributed by atoms with Crippen LogP contribution in [-0.4, -0.2) is 36.5 Å². The molecule has 21 heavy (non-hydrogen) atoms. The van der Waals surface area contributed by atoms with Crippen molar-refractivity contribution in [2.45, 2.75) is 30.8 Å². The number of ether oxygens (including phenoxy) is 1. The molecule has 1 N–H and O–H groups in total. The number of carbonyl (C=O) groups excluding carboxylic acids is 2. The molecule has 110 valence electrons. The highest BCUT2D eigenvalue weighted by atomic mass is 16.5. The number of carbonyl (C=O) groups is 2. The Morgan fingerprint density at radius 2 is 2.24 bits per heavy atom. The van der Waals surface area contributed by atoms with Gasteiger partial charge < -0.3 is 10.1 Å². The summed E-state index contributed by atoms with van der Waals surface area (Å²) < 4.78 is 4.97. The van der Waals surface area contributed by atoms with Crippen LogP contribution in [0.1, 0.15) is 24.8 Å². The first kappa shape index (κ1) is 12.8. The second kappa shape index (κ2) is 4.31. The number of nitrogens with zero attached hydrogens (tertiary/aromatic N) is 1. The first-order valence-corrected chi connectivity index (χ1v) is 7.44. The van der Waals surface area contributed by atoms with Gasteiger partial charge in [-0.2, -0.15) is 0 Å². The lowest BCUT2D eigenvalue weighted by atomic mass is 9.84. The van der Waals surface area contributed by atoms with Gasteiger partial charge in [-0.3, -0.25) is 14.5 Å². The number of fused-ring (bicyclic) bond motifs is 4. The van der Waals surface area contributed by atoms with Gasteiger partial charge in [-0.1, -0.05) is 18.2 Å². The minimum absolute atomic E-state index is 0.00185. The molecule has 2 fully saturated rings. The molecule has 0 aliphatic carbocycles. The number of methoxy groups -OCH3 is 1. The van der Waals surface area contributed by atoms with Gasteiger partial charge in [0.1, 0.15) is 5.54 Å². The Morgan fingerprint density at radius 1 is 1.43 bits per heavy atom. The van der Waals surface area contributed by atoms with E-state index in [1.54, 1.807) is 0 Å². The SMILES string of the molecule is COC(=O)[C@@H]1C[C@@]2(C(=O)Nc3ccccc32)N2CCC[C@H]12. The molecule has 2 saturated heterocycles. The zero-order chi connectivity index (χ0) is 14.6. The smallest absolute Gasteiger partial charge is 0.310 e. The van der Waals surface area contributed by atoms with E-state index < -0.39 is 5.54 Å². The summed E-state index contributed by atoms with van der Waals surface area (Å²) in [6.45, 7) is 0.861. The van der Waals surface area contributed by atoms with E-state index in [4.69, 9.17) is 4.74 Å². The van der Waals surface area contributed by atoms with E-state index >= 15 is 0 Å². The summed E-state index contributed by atoms with van der Waals surface area (Å²) in [5.74, 6) is -0.405. The van der Waals surface area contributed by atoms with Crippen LogP contribution in [0.2, 0.25) is 0 Å². The van der Waals surface area contributed by atoms with Crippen LogP contribution in [0.3, 0.4) is 0 Å². The minimum atomic E-state index is -0.684. The maximum Gasteiger partial charge on any atom is 0.310 e. The summed E-state index contributed by atoms with van der Waals surface area (Å²) in [7, 11) is 1.43. The highest BCUT2D eigenvalue weighted by Gasteiger charge is 2.62. The summed E-state index contributed by atoms with van der Waals surface area (Å²) in [6, 6.07) is 7.93. The van der Waals surface area contributed by atoms with Crippen molar-refractivity contribution in [2.75, 3.05) is 19.0 Å². The Hall–Kier alpha value is -1.88. The third-order valence-corrected chi connectivity index (χ3v) is 5.27. The molecule has 1 spiro atoms. The van der Waals surface area contributed by atoms with Gasteiger partial charge in [0, 0.05) is 17.3 Å². The monoisotopic (exact) mass is 286 g/mol. The quantitative estimate of drug-likeness (QED) is 0.795. The van der Waals surface area contributed by atoms with Crippen LogP contribution in [-0.2, 0) is 19.9 Å². The second-order valence-corrected chi connectivity index (χ2v) is 6.10. The summed E-state index contributed by atoms with van der Waals surface area (Å²) in [5.41, 5.74) is 1.20. The summed E-state index contributed by atoms with van der Waals surface area (Å²) in [4.78, 5) is 27.1. The number of hydrogen-bond donors (Lipinski definition) is 1. The Morgan fingerprint density at radius 3 is 3.05 bits per heavy atom. The number of rotatable bonds is 1. The lowest BCUT2D eigenvalue weighted by Gasteiger charge is -2.32. The molecule has 0 aromatic heterocycles. The van der Waals surface area contributed by atoms with Gasteiger partial charge in [0.15, 0.2) is 0 Å². The highest BCUT2D eigenvalue weighted by molar-refractivity contribution is 6.06. The average molecular weight is 286 g/mol. The van der Waals surface area contributed by atoms with Crippen LogP contribution < -0.4 is 5.32 Å². The first-order chi connectivity index (χ1) is 10.2. The maximum absolute atomic E-state index is 12.7. The van der Waals surface area contributed by atoms with Gasteiger partial charge in [-0.25, -0.2) is 0 Å². The van der Waals surface area contributed by atoms with Gasteiger partial charge in [0.25, 0.3) is 0 Å². The Bertz CT molecular complexity index is 630. The van der Waals surface area contributed by atoms with Gasteiger partial charge >= 0.3 is 5.97 Å². The van der Waals surface area contributed by atoms with Gasteiger partial charge in [0.2, 0.25) is 5.91 Å². The van der Waals surface area contributed by atoms with Crippen molar-refractivity contribution < 1.29 is 14.3 Å². The van der Waals surface area contributed by atoms with Crippen molar-refractivity contribution in [3.8, 4) is 0 Å². The number of amides is 1. The van der Waals surface area contributed by atoms with Crippen LogP contribution in [0.25, 0.3) is 0 Å². The fourth-order valence-electron chi connectivity index (χ4n) is 4.44. The van der Waals surface area contributed by atoms with E-state index in [1.807, 2.05) is 24.3 Å². The van der Waals surface area contributed by atoms with E-state index in [2.05, 4.69) is 10.2 Å². The normalized spacial score (nSPS) is 33.9. The third-order valence-electron chi connectivity index (χ3n) is 5.27. The molecule has 3 aliphatic heterocycles. The average Bonchev–Trinajstić information content (AvgIpc) is 3.15. The Kier molecular flexibility index (Phi) is 2.63. The fourth-order valence-corrected chi connectivity index (χ4v) is 4.44. The maximum atomic E-state index is 12.7. The van der Waals surface area contributed by atoms with E-state index in [-0.39, 0.29) is 23.8 Å². The largest absolute Gasteiger partial charge is 0.469 e. The molecular weight excluding hydrogens is 268 g/mol. The summed E-state index contributed by atoms with van der Waals surface area (Å²) in [6.07, 6.45) is 2.50. The van der Waals surface area contributed by atoms with E-state index in [0.717, 1.165) is 30.6 Å². The molecule has 5 nitrogen and oxygen atoms in total. The predicted molar refractivity (Wildman–Crippen MR) is 76.6 cm³/mol. The molecule has 3 aliphatic rings. The molecule has 0 bridgehead atoms. The highest BCUT2D eigenvalue weighted by Crippen LogP contribution is 2.54. The second-order valence-electron chi connectivity index (χ2n) is 6.10. The molecule has 4 rings (SSSR count). The van der Waals surface area contributed by atoms with Crippen LogP contribution in [0, 0.1) is 5.92 Å². The number of hydrogen-bond acceptors (Lipinski definition) is 4. The zero-order valence-electron chi connectivity index (χ0n) is 12.0. The van der Waals surface area contributed by atoms with Crippen LogP contribution in [0.5, 0.6) is 0 Å². The van der Waals surface area contributed by atoms with Crippen molar-refractivity contribution >= 4 is 17.6 Å². The van der Waals surface area contributed by atoms with Crippen LogP contribution in [0.4, 0.5) is 5.69 Å². The van der Waals surface area contributed by atoms with E-state index in [0.29, 0.717) is 6.42 Å². The number of esters is 1. The molecule has 3 atom stereocenters. The number of anilines is 1. The molecule has 3 heterocycles. The van der Waals surface area contributed by atoms with Crippen LogP contribution in [0.15, 0.2) is 24.3 Å². The zero-order valence-corrected chi connectivity index (χ0v) is 12.0. The summed E-state index contributed by atoms with van der Waals surface area (Å²) >= 11 is 0. The van der Waals surface area contributed by atoms with Gasteiger partial charge in [0.05, 0.1) is 13.0 Å². The molecule has 1 aromatic carbocycles. The standard InChI is InChI=1S/C16H18N2O3/c1-21-14(19)10-9-16(18-8-4-7-13(10)18)11-5-2-3-6-12(11)17-15(16)20/h2-3,5-6,10,13H,4,7-9H2,1H3,(H,17,20)/t10-,13-,16-/m1/s1. The molecule has 0 saturated carbocycles. The van der Waals surface area contributed by atoms with E-state index in [1.165, 1.54) is 7.11 Å². The molecule has 5 heteroatoms. The Balaban J connectivity index is 1.84. The van der Waals surface area contributed by atoms with Crippen molar-refractivity contribution in [3.63, 3.8) is 0 Å². The number of benzene rings is 1. The molecule has 0 unspecified atom stereocenters. The van der Waals surface area contributed by atoms with Crippen molar-refractivity contribution in [3.05, 3.63) is 29.8 Å². The number of nitrogens with one attached hydrogen (secondary N) is 1. The fraction of sp³-hybridized carbons (Fsp3) is 0.500. The molecular formula is C16H18N2O3. The lowest BCUT2D eigenvalue weighted by Crippen LogP contribution is -2.47. The van der Waals surface area contributed by atoms with Gasteiger partial charge in [-0.15, -0.1) is 0 Å². The lowest BCUT2D eigenvalue weighted by molar-refractivity contribution is -0.146. The first-order valence-electron chi connectivity index (χ1n) is 7.44. The predicted octanol–water partition coefficient (Wildman–Crippen LogP) is 1.49. The molecule has 1 aromatic rings. The topological polar surface area (TPSA) is 58.6 Å². The minimum Gasteiger partial charge on any atom is -0.469 e. The number of para-hydroxylation sites is 1. The van der Waals surface area contributed by atoms with Crippen molar-refractivity contribution in [1.82, 2.24) is 4.90 Å². The van der Waals surface area contributed by atoms with E-state index in [9.17, 15) is 9.59 Å². The van der Waals surface area contributed by atoms with Gasteiger partial charge in [-0.05, 0) is 31.9 Å². The molecule has 0 radical (unpaired) electrons. The molecule has 1 amide bonds. The van der Waals surface area contributed by atoms with Crippen molar-refractivity contribution in [1.29, 1.82) is 0 Å². The van der Waals surface area contributed by atoms with Crippen molar-refractivity contribution in [2.24, 2.45) is 5.92 Å². The van der Waals surface area contributed by atoms with Crippen LogP contribution >= 0.6 is 0 Å². The summed E-state index contributed by atoms with van der Waals surface area (Å²) in [5, 5.41) is 2.99.